The summed E-state index contributed by atoms with van der Waals surface area (Å²) in [6.45, 7) is 10.4. The van der Waals surface area contributed by atoms with Crippen LogP contribution >= 0.6 is 0 Å². The lowest BCUT2D eigenvalue weighted by atomic mass is 9.80. The molecule has 1 aromatic heterocycles. The summed E-state index contributed by atoms with van der Waals surface area (Å²) in [5.74, 6) is -0.384. The van der Waals surface area contributed by atoms with Gasteiger partial charge in [0.25, 0.3) is 5.91 Å². The highest BCUT2D eigenvalue weighted by Gasteiger charge is 2.47. The van der Waals surface area contributed by atoms with Gasteiger partial charge in [-0.05, 0) is 56.9 Å². The van der Waals surface area contributed by atoms with Crippen LogP contribution in [-0.2, 0) is 9.53 Å². The van der Waals surface area contributed by atoms with Crippen molar-refractivity contribution in [2.45, 2.75) is 45.6 Å². The molecule has 0 bridgehead atoms. The van der Waals surface area contributed by atoms with Crippen LogP contribution in [0.1, 0.15) is 60.3 Å². The van der Waals surface area contributed by atoms with Crippen molar-refractivity contribution in [3.05, 3.63) is 52.6 Å². The molecule has 4 heterocycles. The van der Waals surface area contributed by atoms with Gasteiger partial charge in [-0.3, -0.25) is 9.59 Å². The van der Waals surface area contributed by atoms with Gasteiger partial charge in [-0.2, -0.15) is 0 Å². The van der Waals surface area contributed by atoms with Crippen LogP contribution in [0.2, 0.25) is 0 Å². The molecule has 172 valence electrons. The molecule has 7 nitrogen and oxygen atoms in total. The fraction of sp³-hybridized carbons (Fsp3) is 0.440. The minimum atomic E-state index is -0.437. The van der Waals surface area contributed by atoms with E-state index in [4.69, 9.17) is 4.74 Å². The van der Waals surface area contributed by atoms with E-state index in [1.807, 2.05) is 25.7 Å². The number of hydrogen-bond donors (Lipinski definition) is 0. The number of anilines is 2. The molecule has 8 heteroatoms. The molecule has 33 heavy (non-hydrogen) atoms. The standard InChI is InChI=1S/C25H27FN4O3/c1-14-12-25(3,4)30-22-17(14)9-16(26)10-18(22)19(23(30)32)11-21(31)20-13-27-24(28-15(20)2)29-5-7-33-8-6-29/h9-11,13-14H,5-8,12H2,1-4H3/b19-11+. The molecule has 1 saturated heterocycles. The molecular weight excluding hydrogens is 423 g/mol. The molecule has 1 unspecified atom stereocenters. The number of halogens is 1. The second-order valence-corrected chi connectivity index (χ2v) is 9.64. The first-order valence-corrected chi connectivity index (χ1v) is 11.3. The molecule has 0 N–H and O–H groups in total. The molecule has 2 aromatic rings. The molecule has 3 aliphatic heterocycles. The topological polar surface area (TPSA) is 75.6 Å². The van der Waals surface area contributed by atoms with Gasteiger partial charge in [0.2, 0.25) is 5.95 Å². The summed E-state index contributed by atoms with van der Waals surface area (Å²) in [6, 6.07) is 2.86. The third-order valence-corrected chi connectivity index (χ3v) is 6.79. The Kier molecular flexibility index (Phi) is 5.08. The number of ketones is 1. The first kappa shape index (κ1) is 21.7. The number of rotatable bonds is 3. The molecule has 0 saturated carbocycles. The Hall–Kier alpha value is -3.13. The Labute approximate surface area is 192 Å². The fourth-order valence-electron chi connectivity index (χ4n) is 5.28. The molecule has 5 rings (SSSR count). The highest BCUT2D eigenvalue weighted by molar-refractivity contribution is 6.36. The van der Waals surface area contributed by atoms with Gasteiger partial charge in [-0.1, -0.05) is 6.92 Å². The van der Waals surface area contributed by atoms with E-state index in [0.717, 1.165) is 11.3 Å². The number of aryl methyl sites for hydroxylation is 1. The van der Waals surface area contributed by atoms with Crippen LogP contribution in [0.3, 0.4) is 0 Å². The third-order valence-electron chi connectivity index (χ3n) is 6.79. The molecule has 3 aliphatic rings. The maximum Gasteiger partial charge on any atom is 0.259 e. The number of benzene rings is 1. The van der Waals surface area contributed by atoms with Crippen LogP contribution in [0.4, 0.5) is 16.0 Å². The fourth-order valence-corrected chi connectivity index (χ4v) is 5.28. The highest BCUT2D eigenvalue weighted by Crippen LogP contribution is 2.51. The smallest absolute Gasteiger partial charge is 0.259 e. The van der Waals surface area contributed by atoms with E-state index < -0.39 is 11.4 Å². The molecule has 1 amide bonds. The van der Waals surface area contributed by atoms with Crippen molar-refractivity contribution >= 4 is 28.9 Å². The predicted octanol–water partition coefficient (Wildman–Crippen LogP) is 3.66. The average Bonchev–Trinajstić information content (AvgIpc) is 3.04. The maximum atomic E-state index is 14.5. The summed E-state index contributed by atoms with van der Waals surface area (Å²) >= 11 is 0. The molecule has 1 fully saturated rings. The van der Waals surface area contributed by atoms with Crippen LogP contribution in [-0.4, -0.2) is 53.5 Å². The number of carbonyl (C=O) groups excluding carboxylic acids is 2. The molecule has 0 aliphatic carbocycles. The second-order valence-electron chi connectivity index (χ2n) is 9.64. The normalized spacial score (nSPS) is 22.6. The minimum absolute atomic E-state index is 0.104. The number of nitrogens with zero attached hydrogens (tertiary/aromatic N) is 4. The van der Waals surface area contributed by atoms with Crippen LogP contribution in [0.25, 0.3) is 5.57 Å². The van der Waals surface area contributed by atoms with Gasteiger partial charge in [0.1, 0.15) is 5.82 Å². The first-order chi connectivity index (χ1) is 15.7. The van der Waals surface area contributed by atoms with Crippen LogP contribution in [0.5, 0.6) is 0 Å². The molecule has 1 aromatic carbocycles. The lowest BCUT2D eigenvalue weighted by Gasteiger charge is -2.43. The van der Waals surface area contributed by atoms with Gasteiger partial charge in [0.15, 0.2) is 5.78 Å². The Bertz CT molecular complexity index is 1200. The van der Waals surface area contributed by atoms with E-state index in [9.17, 15) is 14.0 Å². The van der Waals surface area contributed by atoms with E-state index >= 15 is 0 Å². The Morgan fingerprint density at radius 1 is 1.27 bits per heavy atom. The number of amides is 1. The monoisotopic (exact) mass is 450 g/mol. The number of hydrogen-bond acceptors (Lipinski definition) is 6. The quantitative estimate of drug-likeness (QED) is 0.525. The Morgan fingerprint density at radius 3 is 2.70 bits per heavy atom. The van der Waals surface area contributed by atoms with Crippen LogP contribution in [0.15, 0.2) is 24.4 Å². The van der Waals surface area contributed by atoms with Crippen molar-refractivity contribution in [3.63, 3.8) is 0 Å². The minimum Gasteiger partial charge on any atom is -0.378 e. The second kappa shape index (κ2) is 7.73. The van der Waals surface area contributed by atoms with Crippen LogP contribution < -0.4 is 9.80 Å². The summed E-state index contributed by atoms with van der Waals surface area (Å²) in [5.41, 5.74) is 2.65. The number of ether oxygens (including phenoxy) is 1. The summed E-state index contributed by atoms with van der Waals surface area (Å²) in [6.07, 6.45) is 3.54. The molecular formula is C25H27FN4O3. The third kappa shape index (κ3) is 3.53. The first-order valence-electron chi connectivity index (χ1n) is 11.3. The lowest BCUT2D eigenvalue weighted by Crippen LogP contribution is -2.49. The zero-order valence-corrected chi connectivity index (χ0v) is 19.3. The van der Waals surface area contributed by atoms with Gasteiger partial charge < -0.3 is 14.5 Å². The van der Waals surface area contributed by atoms with Gasteiger partial charge >= 0.3 is 0 Å². The van der Waals surface area contributed by atoms with E-state index in [1.54, 1.807) is 11.8 Å². The highest BCUT2D eigenvalue weighted by atomic mass is 19.1. The van der Waals surface area contributed by atoms with E-state index in [2.05, 4.69) is 9.97 Å². The number of morpholine rings is 1. The zero-order valence-electron chi connectivity index (χ0n) is 19.3. The van der Waals surface area contributed by atoms with E-state index in [-0.39, 0.29) is 23.2 Å². The summed E-state index contributed by atoms with van der Waals surface area (Å²) in [4.78, 5) is 39.3. The number of aromatic nitrogens is 2. The van der Waals surface area contributed by atoms with Crippen molar-refractivity contribution in [2.75, 3.05) is 36.1 Å². The Balaban J connectivity index is 1.54. The number of allylic oxidation sites excluding steroid dienone is 1. The average molecular weight is 451 g/mol. The maximum absolute atomic E-state index is 14.5. The molecule has 1 atom stereocenters. The van der Waals surface area contributed by atoms with E-state index in [1.165, 1.54) is 24.4 Å². The number of carbonyl (C=O) groups is 2. The van der Waals surface area contributed by atoms with Crippen molar-refractivity contribution in [3.8, 4) is 0 Å². The Morgan fingerprint density at radius 2 is 2.00 bits per heavy atom. The van der Waals surface area contributed by atoms with Crippen molar-refractivity contribution in [2.24, 2.45) is 0 Å². The van der Waals surface area contributed by atoms with Crippen molar-refractivity contribution in [1.82, 2.24) is 9.97 Å². The van der Waals surface area contributed by atoms with Crippen LogP contribution in [0, 0.1) is 12.7 Å². The van der Waals surface area contributed by atoms with Gasteiger partial charge in [-0.15, -0.1) is 0 Å². The predicted molar refractivity (Wildman–Crippen MR) is 123 cm³/mol. The molecule has 0 radical (unpaired) electrons. The zero-order chi connectivity index (χ0) is 23.5. The van der Waals surface area contributed by atoms with Gasteiger partial charge in [-0.25, -0.2) is 14.4 Å². The largest absolute Gasteiger partial charge is 0.378 e. The summed E-state index contributed by atoms with van der Waals surface area (Å²) in [5, 5.41) is 0. The lowest BCUT2D eigenvalue weighted by molar-refractivity contribution is -0.114. The van der Waals surface area contributed by atoms with Crippen molar-refractivity contribution in [1.29, 1.82) is 0 Å². The SMILES string of the molecule is Cc1nc(N2CCOCC2)ncc1C(=O)/C=C1/C(=O)N2c3c1cc(F)cc3C(C)CC2(C)C. The van der Waals surface area contributed by atoms with Gasteiger partial charge in [0.05, 0.1) is 35.7 Å². The van der Waals surface area contributed by atoms with E-state index in [0.29, 0.717) is 55.5 Å². The summed E-state index contributed by atoms with van der Waals surface area (Å²) in [7, 11) is 0. The molecule has 0 spiro atoms. The summed E-state index contributed by atoms with van der Waals surface area (Å²) < 4.78 is 19.9. The van der Waals surface area contributed by atoms with Crippen molar-refractivity contribution < 1.29 is 18.7 Å². The van der Waals surface area contributed by atoms with Gasteiger partial charge in [0, 0.05) is 30.4 Å².